The van der Waals surface area contributed by atoms with Crippen molar-refractivity contribution in [2.24, 2.45) is 0 Å². The lowest BCUT2D eigenvalue weighted by Gasteiger charge is -2.11. The Hall–Kier alpha value is -2.28. The third kappa shape index (κ3) is 3.87. The molecule has 0 fully saturated rings. The van der Waals surface area contributed by atoms with Crippen molar-refractivity contribution in [3.05, 3.63) is 71.0 Å². The molecule has 3 rings (SSSR count). The standard InChI is InChI=1S/C18H16F3N3S/c1-12-6-3-4-9-16(12)24-13(2)22-23-17(24)25-11-14-7-5-8-15(10-14)18(19,20)21/h3-10H,11H2,1-2H3. The van der Waals surface area contributed by atoms with Crippen molar-refractivity contribution >= 4 is 11.8 Å². The Kier molecular flexibility index (Phi) is 4.85. The van der Waals surface area contributed by atoms with Crippen molar-refractivity contribution in [2.45, 2.75) is 30.9 Å². The fourth-order valence-electron chi connectivity index (χ4n) is 2.51. The topological polar surface area (TPSA) is 30.7 Å². The molecule has 0 aliphatic rings. The fraction of sp³-hybridized carbons (Fsp3) is 0.222. The van der Waals surface area contributed by atoms with Gasteiger partial charge in [-0.3, -0.25) is 4.57 Å². The van der Waals surface area contributed by atoms with E-state index in [1.54, 1.807) is 6.07 Å². The zero-order chi connectivity index (χ0) is 18.0. The lowest BCUT2D eigenvalue weighted by Crippen LogP contribution is -2.05. The van der Waals surface area contributed by atoms with Gasteiger partial charge in [-0.2, -0.15) is 13.2 Å². The lowest BCUT2D eigenvalue weighted by molar-refractivity contribution is -0.137. The highest BCUT2D eigenvalue weighted by Gasteiger charge is 2.30. The monoisotopic (exact) mass is 363 g/mol. The molecule has 0 aliphatic carbocycles. The van der Waals surface area contributed by atoms with Crippen LogP contribution in [0.3, 0.4) is 0 Å². The minimum Gasteiger partial charge on any atom is -0.274 e. The van der Waals surface area contributed by atoms with Gasteiger partial charge in [-0.05, 0) is 37.1 Å². The molecule has 0 saturated heterocycles. The summed E-state index contributed by atoms with van der Waals surface area (Å²) in [5.74, 6) is 1.12. The maximum atomic E-state index is 12.8. The van der Waals surface area contributed by atoms with Crippen molar-refractivity contribution in [3.8, 4) is 5.69 Å². The first-order valence-corrected chi connectivity index (χ1v) is 8.62. The minimum absolute atomic E-state index is 0.383. The SMILES string of the molecule is Cc1ccccc1-n1c(C)nnc1SCc1cccc(C(F)(F)F)c1. The number of rotatable bonds is 4. The number of hydrogen-bond donors (Lipinski definition) is 0. The first-order chi connectivity index (χ1) is 11.9. The molecule has 0 bridgehead atoms. The van der Waals surface area contributed by atoms with Gasteiger partial charge in [0.25, 0.3) is 0 Å². The summed E-state index contributed by atoms with van der Waals surface area (Å²) in [6.07, 6.45) is -4.33. The van der Waals surface area contributed by atoms with Crippen LogP contribution in [-0.2, 0) is 11.9 Å². The summed E-state index contributed by atoms with van der Waals surface area (Å²) in [6, 6.07) is 13.2. The zero-order valence-electron chi connectivity index (χ0n) is 13.7. The number of alkyl halides is 3. The second-order valence-electron chi connectivity index (χ2n) is 5.64. The van der Waals surface area contributed by atoms with Crippen molar-refractivity contribution < 1.29 is 13.2 Å². The maximum Gasteiger partial charge on any atom is 0.416 e. The third-order valence-corrected chi connectivity index (χ3v) is 4.77. The number of aryl methyl sites for hydroxylation is 2. The second kappa shape index (κ2) is 6.92. The van der Waals surface area contributed by atoms with Crippen molar-refractivity contribution in [2.75, 3.05) is 0 Å². The van der Waals surface area contributed by atoms with Crippen LogP contribution in [-0.4, -0.2) is 14.8 Å². The summed E-state index contributed by atoms with van der Waals surface area (Å²) >= 11 is 1.37. The van der Waals surface area contributed by atoms with E-state index in [1.807, 2.05) is 42.7 Å². The molecule has 1 heterocycles. The van der Waals surface area contributed by atoms with E-state index in [0.29, 0.717) is 16.5 Å². The summed E-state index contributed by atoms with van der Waals surface area (Å²) in [7, 11) is 0. The highest BCUT2D eigenvalue weighted by Crippen LogP contribution is 2.31. The molecular weight excluding hydrogens is 347 g/mol. The Morgan fingerprint density at radius 3 is 2.48 bits per heavy atom. The predicted octanol–water partition coefficient (Wildman–Crippen LogP) is 5.20. The number of para-hydroxylation sites is 1. The van der Waals surface area contributed by atoms with Gasteiger partial charge >= 0.3 is 6.18 Å². The molecule has 0 atom stereocenters. The molecule has 25 heavy (non-hydrogen) atoms. The number of aromatic nitrogens is 3. The van der Waals surface area contributed by atoms with E-state index < -0.39 is 11.7 Å². The summed E-state index contributed by atoms with van der Waals surface area (Å²) in [6.45, 7) is 3.85. The van der Waals surface area contributed by atoms with Crippen LogP contribution in [0.1, 0.15) is 22.5 Å². The summed E-state index contributed by atoms with van der Waals surface area (Å²) in [5, 5.41) is 8.95. The second-order valence-corrected chi connectivity index (χ2v) is 6.58. The Balaban J connectivity index is 1.85. The van der Waals surface area contributed by atoms with Gasteiger partial charge in [-0.15, -0.1) is 10.2 Å². The summed E-state index contributed by atoms with van der Waals surface area (Å²) in [4.78, 5) is 0. The Morgan fingerprint density at radius 1 is 1.00 bits per heavy atom. The predicted molar refractivity (Wildman–Crippen MR) is 91.8 cm³/mol. The minimum atomic E-state index is -4.33. The Labute approximate surface area is 147 Å². The van der Waals surface area contributed by atoms with Crippen LogP contribution in [0, 0.1) is 13.8 Å². The van der Waals surface area contributed by atoms with E-state index in [2.05, 4.69) is 10.2 Å². The smallest absolute Gasteiger partial charge is 0.274 e. The number of thioether (sulfide) groups is 1. The average molecular weight is 363 g/mol. The molecule has 7 heteroatoms. The quantitative estimate of drug-likeness (QED) is 0.597. The van der Waals surface area contributed by atoms with Crippen LogP contribution in [0.25, 0.3) is 5.69 Å². The van der Waals surface area contributed by atoms with Crippen LogP contribution >= 0.6 is 11.8 Å². The van der Waals surface area contributed by atoms with E-state index in [0.717, 1.165) is 23.1 Å². The molecular formula is C18H16F3N3S. The highest BCUT2D eigenvalue weighted by atomic mass is 32.2. The van der Waals surface area contributed by atoms with Crippen molar-refractivity contribution in [1.29, 1.82) is 0 Å². The molecule has 0 radical (unpaired) electrons. The largest absolute Gasteiger partial charge is 0.416 e. The van der Waals surface area contributed by atoms with Crippen LogP contribution in [0.2, 0.25) is 0 Å². The average Bonchev–Trinajstić information content (AvgIpc) is 2.94. The first-order valence-electron chi connectivity index (χ1n) is 7.63. The van der Waals surface area contributed by atoms with Crippen molar-refractivity contribution in [1.82, 2.24) is 14.8 Å². The van der Waals surface area contributed by atoms with E-state index in [1.165, 1.54) is 23.9 Å². The number of benzene rings is 2. The lowest BCUT2D eigenvalue weighted by atomic mass is 10.1. The molecule has 1 aromatic heterocycles. The molecule has 130 valence electrons. The Bertz CT molecular complexity index is 887. The molecule has 0 saturated carbocycles. The van der Waals surface area contributed by atoms with Crippen LogP contribution in [0.4, 0.5) is 13.2 Å². The Morgan fingerprint density at radius 2 is 1.76 bits per heavy atom. The normalized spacial score (nSPS) is 11.7. The molecule has 0 N–H and O–H groups in total. The van der Waals surface area contributed by atoms with E-state index in [-0.39, 0.29) is 0 Å². The van der Waals surface area contributed by atoms with Crippen LogP contribution in [0.15, 0.2) is 53.7 Å². The van der Waals surface area contributed by atoms with Gasteiger partial charge in [0, 0.05) is 5.75 Å². The van der Waals surface area contributed by atoms with Gasteiger partial charge in [-0.25, -0.2) is 0 Å². The van der Waals surface area contributed by atoms with Crippen LogP contribution in [0.5, 0.6) is 0 Å². The molecule has 0 unspecified atom stereocenters. The van der Waals surface area contributed by atoms with Gasteiger partial charge in [0.15, 0.2) is 5.16 Å². The van der Waals surface area contributed by atoms with E-state index in [9.17, 15) is 13.2 Å². The molecule has 0 spiro atoms. The molecule has 3 aromatic rings. The molecule has 2 aromatic carbocycles. The molecule has 3 nitrogen and oxygen atoms in total. The molecule has 0 amide bonds. The highest BCUT2D eigenvalue weighted by molar-refractivity contribution is 7.98. The third-order valence-electron chi connectivity index (χ3n) is 3.77. The first kappa shape index (κ1) is 17.5. The van der Waals surface area contributed by atoms with Gasteiger partial charge < -0.3 is 0 Å². The summed E-state index contributed by atoms with van der Waals surface area (Å²) < 4.78 is 40.4. The number of hydrogen-bond acceptors (Lipinski definition) is 3. The van der Waals surface area contributed by atoms with Gasteiger partial charge in [0.2, 0.25) is 0 Å². The fourth-order valence-corrected chi connectivity index (χ4v) is 3.45. The maximum absolute atomic E-state index is 12.8. The number of nitrogens with zero attached hydrogens (tertiary/aromatic N) is 3. The van der Waals surface area contributed by atoms with Gasteiger partial charge in [0.05, 0.1) is 11.3 Å². The number of halogens is 3. The van der Waals surface area contributed by atoms with Crippen molar-refractivity contribution in [3.63, 3.8) is 0 Å². The summed E-state index contributed by atoms with van der Waals surface area (Å²) in [5.41, 5.74) is 2.00. The molecule has 0 aliphatic heterocycles. The van der Waals surface area contributed by atoms with E-state index >= 15 is 0 Å². The van der Waals surface area contributed by atoms with Crippen LogP contribution < -0.4 is 0 Å². The van der Waals surface area contributed by atoms with Gasteiger partial charge in [-0.1, -0.05) is 48.2 Å². The zero-order valence-corrected chi connectivity index (χ0v) is 14.5. The van der Waals surface area contributed by atoms with E-state index in [4.69, 9.17) is 0 Å². The van der Waals surface area contributed by atoms with Gasteiger partial charge in [0.1, 0.15) is 5.82 Å².